The molecule has 0 unspecified atom stereocenters. The summed E-state index contributed by atoms with van der Waals surface area (Å²) in [6.45, 7) is 0. The van der Waals surface area contributed by atoms with Gasteiger partial charge in [-0.05, 0) is 12.8 Å². The van der Waals surface area contributed by atoms with Crippen molar-refractivity contribution in [3.63, 3.8) is 0 Å². The van der Waals surface area contributed by atoms with Crippen LogP contribution in [-0.4, -0.2) is 28.2 Å². The number of hydrogen-bond donors (Lipinski definition) is 3. The van der Waals surface area contributed by atoms with Gasteiger partial charge in [-0.3, -0.25) is 9.59 Å². The Hall–Kier alpha value is -1.10. The molecule has 3 atom stereocenters. The Kier molecular flexibility index (Phi) is 2.32. The van der Waals surface area contributed by atoms with E-state index >= 15 is 0 Å². The van der Waals surface area contributed by atoms with Gasteiger partial charge >= 0.3 is 5.97 Å². The number of primary amides is 1. The molecule has 0 aromatic rings. The molecule has 5 heteroatoms. The third-order valence-electron chi connectivity index (χ3n) is 2.22. The van der Waals surface area contributed by atoms with Crippen LogP contribution in [0.5, 0.6) is 0 Å². The van der Waals surface area contributed by atoms with Crippen LogP contribution in [0.3, 0.4) is 0 Å². The molecular weight excluding hydrogens is 162 g/mol. The molecule has 4 N–H and O–H groups in total. The van der Waals surface area contributed by atoms with Crippen LogP contribution in [0.2, 0.25) is 0 Å². The minimum Gasteiger partial charge on any atom is -0.481 e. The molecule has 0 bridgehead atoms. The van der Waals surface area contributed by atoms with E-state index in [0.29, 0.717) is 0 Å². The highest BCUT2D eigenvalue weighted by atomic mass is 16.4. The lowest BCUT2D eigenvalue weighted by Gasteiger charge is -2.09. The zero-order valence-electron chi connectivity index (χ0n) is 6.43. The van der Waals surface area contributed by atoms with Gasteiger partial charge in [0, 0.05) is 0 Å². The Bertz CT molecular complexity index is 193. The summed E-state index contributed by atoms with van der Waals surface area (Å²) < 4.78 is 0. The number of aliphatic carboxylic acids is 1. The van der Waals surface area contributed by atoms with Crippen molar-refractivity contribution in [1.82, 2.24) is 0 Å². The zero-order valence-corrected chi connectivity index (χ0v) is 6.43. The zero-order chi connectivity index (χ0) is 9.30. The number of nitrogens with two attached hydrogens (primary N) is 1. The van der Waals surface area contributed by atoms with Crippen molar-refractivity contribution in [1.29, 1.82) is 0 Å². The average molecular weight is 173 g/mol. The topological polar surface area (TPSA) is 101 Å². The summed E-state index contributed by atoms with van der Waals surface area (Å²) in [5.41, 5.74) is 4.97. The highest BCUT2D eigenvalue weighted by Crippen LogP contribution is 2.31. The number of hydrogen-bond acceptors (Lipinski definition) is 3. The second-order valence-electron chi connectivity index (χ2n) is 3.08. The van der Waals surface area contributed by atoms with Gasteiger partial charge in [-0.2, -0.15) is 0 Å². The van der Waals surface area contributed by atoms with Crippen molar-refractivity contribution in [3.8, 4) is 0 Å². The summed E-state index contributed by atoms with van der Waals surface area (Å²) in [7, 11) is 0. The molecule has 0 heterocycles. The molecule has 1 fully saturated rings. The fourth-order valence-corrected chi connectivity index (χ4v) is 1.60. The lowest BCUT2D eigenvalue weighted by molar-refractivity contribution is -0.145. The van der Waals surface area contributed by atoms with E-state index in [2.05, 4.69) is 0 Å². The average Bonchev–Trinajstić information content (AvgIpc) is 2.31. The molecule has 0 aromatic carbocycles. The molecule has 1 rings (SSSR count). The van der Waals surface area contributed by atoms with Crippen LogP contribution in [0.1, 0.15) is 12.8 Å². The Morgan fingerprint density at radius 2 is 1.75 bits per heavy atom. The number of amides is 1. The van der Waals surface area contributed by atoms with Gasteiger partial charge in [0.2, 0.25) is 5.91 Å². The molecule has 0 radical (unpaired) electrons. The molecule has 5 nitrogen and oxygen atoms in total. The van der Waals surface area contributed by atoms with E-state index < -0.39 is 29.8 Å². The van der Waals surface area contributed by atoms with E-state index in [4.69, 9.17) is 15.9 Å². The van der Waals surface area contributed by atoms with Crippen molar-refractivity contribution in [3.05, 3.63) is 0 Å². The summed E-state index contributed by atoms with van der Waals surface area (Å²) in [5.74, 6) is -3.22. The van der Waals surface area contributed by atoms with E-state index in [9.17, 15) is 9.59 Å². The predicted molar refractivity (Wildman–Crippen MR) is 39.1 cm³/mol. The molecule has 1 aliphatic rings. The highest BCUT2D eigenvalue weighted by molar-refractivity contribution is 5.84. The van der Waals surface area contributed by atoms with Gasteiger partial charge in [0.15, 0.2) is 0 Å². The Balaban J connectivity index is 2.72. The molecule has 0 saturated heterocycles. The number of carboxylic acids is 1. The van der Waals surface area contributed by atoms with Crippen molar-refractivity contribution in [2.24, 2.45) is 17.6 Å². The normalized spacial score (nSPS) is 34.9. The molecule has 1 amide bonds. The van der Waals surface area contributed by atoms with Crippen molar-refractivity contribution < 1.29 is 19.8 Å². The fraction of sp³-hybridized carbons (Fsp3) is 0.714. The van der Waals surface area contributed by atoms with Crippen LogP contribution in [0.15, 0.2) is 0 Å². The maximum atomic E-state index is 10.7. The van der Waals surface area contributed by atoms with Crippen LogP contribution < -0.4 is 5.73 Å². The number of carbonyl (C=O) groups is 2. The SMILES string of the molecule is NC(=O)[C@@H]1C[C@@H](O)C[C@H]1C(=O)O. The smallest absolute Gasteiger partial charge is 0.307 e. The van der Waals surface area contributed by atoms with Gasteiger partial charge in [0.05, 0.1) is 17.9 Å². The second kappa shape index (κ2) is 3.10. The fourth-order valence-electron chi connectivity index (χ4n) is 1.60. The van der Waals surface area contributed by atoms with Crippen molar-refractivity contribution in [2.75, 3.05) is 0 Å². The van der Waals surface area contributed by atoms with E-state index in [1.54, 1.807) is 0 Å². The number of carbonyl (C=O) groups excluding carboxylic acids is 1. The Labute approximate surface area is 69.2 Å². The quantitative estimate of drug-likeness (QED) is 0.495. The number of rotatable bonds is 2. The van der Waals surface area contributed by atoms with E-state index in [0.717, 1.165) is 0 Å². The first-order valence-corrected chi connectivity index (χ1v) is 3.72. The second-order valence-corrected chi connectivity index (χ2v) is 3.08. The monoisotopic (exact) mass is 173 g/mol. The lowest BCUT2D eigenvalue weighted by Crippen LogP contribution is -2.30. The Morgan fingerprint density at radius 1 is 1.25 bits per heavy atom. The summed E-state index contributed by atoms with van der Waals surface area (Å²) in [4.78, 5) is 21.3. The number of aliphatic hydroxyl groups is 1. The molecule has 0 aromatic heterocycles. The third kappa shape index (κ3) is 1.55. The summed E-state index contributed by atoms with van der Waals surface area (Å²) >= 11 is 0. The Morgan fingerprint density at radius 3 is 2.08 bits per heavy atom. The molecule has 0 aliphatic heterocycles. The van der Waals surface area contributed by atoms with Crippen LogP contribution in [0.25, 0.3) is 0 Å². The largest absolute Gasteiger partial charge is 0.481 e. The summed E-state index contributed by atoms with van der Waals surface area (Å²) in [6, 6.07) is 0. The lowest BCUT2D eigenvalue weighted by atomic mass is 9.96. The van der Waals surface area contributed by atoms with Crippen molar-refractivity contribution >= 4 is 11.9 Å². The maximum absolute atomic E-state index is 10.7. The van der Waals surface area contributed by atoms with Crippen LogP contribution in [0, 0.1) is 11.8 Å². The van der Waals surface area contributed by atoms with E-state index in [-0.39, 0.29) is 12.8 Å². The summed E-state index contributed by atoms with van der Waals surface area (Å²) in [5, 5.41) is 17.7. The van der Waals surface area contributed by atoms with Crippen LogP contribution >= 0.6 is 0 Å². The number of aliphatic hydroxyl groups excluding tert-OH is 1. The first-order valence-electron chi connectivity index (χ1n) is 3.72. The molecule has 0 spiro atoms. The standard InChI is InChI=1S/C7H11NO4/c8-6(10)4-1-3(9)2-5(4)7(11)12/h3-5,9H,1-2H2,(H2,8,10)(H,11,12)/t3-,4-,5-/m1/s1. The third-order valence-corrected chi connectivity index (χ3v) is 2.22. The molecular formula is C7H11NO4. The van der Waals surface area contributed by atoms with Crippen molar-refractivity contribution in [2.45, 2.75) is 18.9 Å². The van der Waals surface area contributed by atoms with Gasteiger partial charge in [0.1, 0.15) is 0 Å². The van der Waals surface area contributed by atoms with E-state index in [1.807, 2.05) is 0 Å². The summed E-state index contributed by atoms with van der Waals surface area (Å²) in [6.07, 6.45) is -0.404. The van der Waals surface area contributed by atoms with Gasteiger partial charge < -0.3 is 15.9 Å². The first kappa shape index (κ1) is 8.99. The number of carboxylic acid groups (broad SMARTS) is 1. The minimum atomic E-state index is -1.06. The van der Waals surface area contributed by atoms with Gasteiger partial charge in [-0.1, -0.05) is 0 Å². The molecule has 1 saturated carbocycles. The van der Waals surface area contributed by atoms with Gasteiger partial charge in [0.25, 0.3) is 0 Å². The highest BCUT2D eigenvalue weighted by Gasteiger charge is 2.41. The predicted octanol–water partition coefficient (Wildman–Crippen LogP) is -1.06. The van der Waals surface area contributed by atoms with Gasteiger partial charge in [-0.25, -0.2) is 0 Å². The molecule has 1 aliphatic carbocycles. The van der Waals surface area contributed by atoms with Crippen LogP contribution in [-0.2, 0) is 9.59 Å². The van der Waals surface area contributed by atoms with E-state index in [1.165, 1.54) is 0 Å². The molecule has 12 heavy (non-hydrogen) atoms. The van der Waals surface area contributed by atoms with Crippen LogP contribution in [0.4, 0.5) is 0 Å². The maximum Gasteiger partial charge on any atom is 0.307 e. The molecule has 68 valence electrons. The minimum absolute atomic E-state index is 0.128. The van der Waals surface area contributed by atoms with Gasteiger partial charge in [-0.15, -0.1) is 0 Å². The first-order chi connectivity index (χ1) is 5.52.